The molecule has 0 aliphatic heterocycles. The zero-order chi connectivity index (χ0) is 14.7. The molecule has 6 heteroatoms. The van der Waals surface area contributed by atoms with Crippen LogP contribution in [0.2, 0.25) is 10.0 Å². The minimum atomic E-state index is -0.409. The van der Waals surface area contributed by atoms with Crippen LogP contribution in [-0.2, 0) is 0 Å². The third-order valence-electron chi connectivity index (χ3n) is 2.63. The normalized spacial score (nSPS) is 10.2. The van der Waals surface area contributed by atoms with E-state index < -0.39 is 6.03 Å². The van der Waals surface area contributed by atoms with Crippen molar-refractivity contribution in [1.82, 2.24) is 0 Å². The highest BCUT2D eigenvalue weighted by molar-refractivity contribution is 6.42. The van der Waals surface area contributed by atoms with Gasteiger partial charge in [-0.25, -0.2) is 4.79 Å². The van der Waals surface area contributed by atoms with Crippen LogP contribution in [0.5, 0.6) is 5.75 Å². The van der Waals surface area contributed by atoms with Crippen LogP contribution in [0.3, 0.4) is 0 Å². The molecule has 2 aromatic carbocycles. The summed E-state index contributed by atoms with van der Waals surface area (Å²) in [6.07, 6.45) is 0. The second-order valence-corrected chi connectivity index (χ2v) is 5.02. The average Bonchev–Trinajstić information content (AvgIpc) is 2.38. The van der Waals surface area contributed by atoms with Gasteiger partial charge in [-0.05, 0) is 48.9 Å². The molecule has 0 spiro atoms. The summed E-state index contributed by atoms with van der Waals surface area (Å²) in [4.78, 5) is 11.8. The van der Waals surface area contributed by atoms with Gasteiger partial charge in [-0.1, -0.05) is 23.2 Å². The van der Waals surface area contributed by atoms with Gasteiger partial charge in [0.15, 0.2) is 0 Å². The molecule has 104 valence electrons. The van der Waals surface area contributed by atoms with E-state index in [1.165, 1.54) is 6.07 Å². The standard InChI is InChI=1S/C14H12Cl2N2O2/c1-8-6-9(3-5-13(8)19)17-14(20)18-10-2-4-11(15)12(16)7-10/h2-7,19H,1H3,(H2,17,18,20). The maximum atomic E-state index is 11.8. The smallest absolute Gasteiger partial charge is 0.323 e. The van der Waals surface area contributed by atoms with E-state index in [1.54, 1.807) is 37.3 Å². The van der Waals surface area contributed by atoms with Crippen molar-refractivity contribution in [2.45, 2.75) is 6.92 Å². The fourth-order valence-electron chi connectivity index (χ4n) is 1.60. The maximum absolute atomic E-state index is 11.8. The maximum Gasteiger partial charge on any atom is 0.323 e. The van der Waals surface area contributed by atoms with Crippen LogP contribution in [0.1, 0.15) is 5.56 Å². The molecule has 3 N–H and O–H groups in total. The molecule has 0 bridgehead atoms. The summed E-state index contributed by atoms with van der Waals surface area (Å²) in [5.74, 6) is 0.181. The highest BCUT2D eigenvalue weighted by atomic mass is 35.5. The largest absolute Gasteiger partial charge is 0.508 e. The van der Waals surface area contributed by atoms with Gasteiger partial charge < -0.3 is 15.7 Å². The van der Waals surface area contributed by atoms with E-state index in [1.807, 2.05) is 0 Å². The van der Waals surface area contributed by atoms with Crippen LogP contribution in [0.25, 0.3) is 0 Å². The SMILES string of the molecule is Cc1cc(NC(=O)Nc2ccc(Cl)c(Cl)c2)ccc1O. The number of anilines is 2. The van der Waals surface area contributed by atoms with Gasteiger partial charge in [-0.3, -0.25) is 0 Å². The number of amides is 2. The summed E-state index contributed by atoms with van der Waals surface area (Å²) >= 11 is 11.7. The Morgan fingerprint density at radius 2 is 1.60 bits per heavy atom. The van der Waals surface area contributed by atoms with E-state index in [0.29, 0.717) is 27.0 Å². The number of rotatable bonds is 2. The van der Waals surface area contributed by atoms with Crippen LogP contribution in [-0.4, -0.2) is 11.1 Å². The van der Waals surface area contributed by atoms with Gasteiger partial charge in [0, 0.05) is 11.4 Å². The topological polar surface area (TPSA) is 61.4 Å². The molecule has 0 aromatic heterocycles. The first kappa shape index (κ1) is 14.5. The monoisotopic (exact) mass is 310 g/mol. The highest BCUT2D eigenvalue weighted by Crippen LogP contribution is 2.25. The quantitative estimate of drug-likeness (QED) is 0.707. The first-order chi connectivity index (χ1) is 9.45. The minimum Gasteiger partial charge on any atom is -0.508 e. The number of phenols is 1. The fraction of sp³-hybridized carbons (Fsp3) is 0.0714. The van der Waals surface area contributed by atoms with Gasteiger partial charge in [0.25, 0.3) is 0 Å². The molecule has 2 rings (SSSR count). The van der Waals surface area contributed by atoms with Crippen LogP contribution in [0.4, 0.5) is 16.2 Å². The Bertz CT molecular complexity index is 604. The van der Waals surface area contributed by atoms with Crippen molar-refractivity contribution in [2.24, 2.45) is 0 Å². The Labute approximate surface area is 126 Å². The van der Waals surface area contributed by atoms with Gasteiger partial charge in [0.05, 0.1) is 10.0 Å². The van der Waals surface area contributed by atoms with Crippen LogP contribution in [0, 0.1) is 6.92 Å². The van der Waals surface area contributed by atoms with E-state index >= 15 is 0 Å². The lowest BCUT2D eigenvalue weighted by Gasteiger charge is -2.09. The number of urea groups is 1. The number of hydrogen-bond acceptors (Lipinski definition) is 2. The number of benzene rings is 2. The Morgan fingerprint density at radius 1 is 1.00 bits per heavy atom. The van der Waals surface area contributed by atoms with Crippen molar-refractivity contribution in [3.63, 3.8) is 0 Å². The molecule has 2 amide bonds. The third-order valence-corrected chi connectivity index (χ3v) is 3.37. The Morgan fingerprint density at radius 3 is 2.20 bits per heavy atom. The minimum absolute atomic E-state index is 0.181. The fourth-order valence-corrected chi connectivity index (χ4v) is 1.90. The van der Waals surface area contributed by atoms with Gasteiger partial charge in [0.1, 0.15) is 5.75 Å². The molecule has 0 saturated heterocycles. The molecular formula is C14H12Cl2N2O2. The van der Waals surface area contributed by atoms with Gasteiger partial charge in [-0.15, -0.1) is 0 Å². The molecular weight excluding hydrogens is 299 g/mol. The highest BCUT2D eigenvalue weighted by Gasteiger charge is 2.06. The van der Waals surface area contributed by atoms with Crippen molar-refractivity contribution in [2.75, 3.05) is 10.6 Å². The van der Waals surface area contributed by atoms with Crippen molar-refractivity contribution in [1.29, 1.82) is 0 Å². The van der Waals surface area contributed by atoms with Gasteiger partial charge in [-0.2, -0.15) is 0 Å². The Kier molecular flexibility index (Phi) is 4.37. The second kappa shape index (κ2) is 6.03. The van der Waals surface area contributed by atoms with Crippen LogP contribution >= 0.6 is 23.2 Å². The van der Waals surface area contributed by atoms with E-state index in [4.69, 9.17) is 23.2 Å². The van der Waals surface area contributed by atoms with Crippen molar-refractivity contribution in [3.05, 3.63) is 52.0 Å². The Hall–Kier alpha value is -1.91. The third kappa shape index (κ3) is 3.56. The zero-order valence-corrected chi connectivity index (χ0v) is 12.1. The predicted molar refractivity (Wildman–Crippen MR) is 81.9 cm³/mol. The van der Waals surface area contributed by atoms with E-state index in [0.717, 1.165) is 0 Å². The summed E-state index contributed by atoms with van der Waals surface area (Å²) in [5.41, 5.74) is 1.79. The zero-order valence-electron chi connectivity index (χ0n) is 10.6. The Balaban J connectivity index is 2.04. The van der Waals surface area contributed by atoms with Crippen molar-refractivity contribution < 1.29 is 9.90 Å². The number of halogens is 2. The summed E-state index contributed by atoms with van der Waals surface area (Å²) in [5, 5.41) is 15.5. The number of phenolic OH excluding ortho intramolecular Hbond substituents is 1. The lowest BCUT2D eigenvalue weighted by Crippen LogP contribution is -2.19. The molecule has 2 aromatic rings. The molecule has 0 unspecified atom stereocenters. The first-order valence-corrected chi connectivity index (χ1v) is 6.54. The lowest BCUT2D eigenvalue weighted by atomic mass is 10.2. The van der Waals surface area contributed by atoms with E-state index in [-0.39, 0.29) is 5.75 Å². The van der Waals surface area contributed by atoms with Crippen molar-refractivity contribution in [3.8, 4) is 5.75 Å². The molecule has 0 heterocycles. The molecule has 0 atom stereocenters. The molecule has 0 aliphatic carbocycles. The summed E-state index contributed by atoms with van der Waals surface area (Å²) < 4.78 is 0. The van der Waals surface area contributed by atoms with E-state index in [2.05, 4.69) is 10.6 Å². The molecule has 0 aliphatic rings. The molecule has 20 heavy (non-hydrogen) atoms. The number of carbonyl (C=O) groups is 1. The number of aromatic hydroxyl groups is 1. The van der Waals surface area contributed by atoms with Gasteiger partial charge >= 0.3 is 6.03 Å². The summed E-state index contributed by atoms with van der Waals surface area (Å²) in [6.45, 7) is 1.75. The van der Waals surface area contributed by atoms with E-state index in [9.17, 15) is 9.90 Å². The number of hydrogen-bond donors (Lipinski definition) is 3. The van der Waals surface area contributed by atoms with Gasteiger partial charge in [0.2, 0.25) is 0 Å². The van der Waals surface area contributed by atoms with Crippen molar-refractivity contribution >= 4 is 40.6 Å². The van der Waals surface area contributed by atoms with Crippen LogP contribution in [0.15, 0.2) is 36.4 Å². The first-order valence-electron chi connectivity index (χ1n) is 5.78. The molecule has 4 nitrogen and oxygen atoms in total. The number of carbonyl (C=O) groups excluding carboxylic acids is 1. The molecule has 0 saturated carbocycles. The molecule has 0 radical (unpaired) electrons. The predicted octanol–water partition coefficient (Wildman–Crippen LogP) is 4.65. The second-order valence-electron chi connectivity index (χ2n) is 4.21. The van der Waals surface area contributed by atoms with Crippen LogP contribution < -0.4 is 10.6 Å². The number of aryl methyl sites for hydroxylation is 1. The number of nitrogens with one attached hydrogen (secondary N) is 2. The average molecular weight is 311 g/mol. The summed E-state index contributed by atoms with van der Waals surface area (Å²) in [6, 6.07) is 9.20. The molecule has 0 fully saturated rings. The summed E-state index contributed by atoms with van der Waals surface area (Å²) in [7, 11) is 0. The lowest BCUT2D eigenvalue weighted by molar-refractivity contribution is 0.262.